The van der Waals surface area contributed by atoms with E-state index in [9.17, 15) is 19.8 Å². The number of aliphatic hydroxyl groups is 1. The Morgan fingerprint density at radius 2 is 1.89 bits per heavy atom. The van der Waals surface area contributed by atoms with Crippen molar-refractivity contribution in [2.45, 2.75) is 13.0 Å². The molecule has 1 unspecified atom stereocenters. The number of ketones is 1. The monoisotopic (exact) mass is 614 g/mol. The first-order chi connectivity index (χ1) is 18.2. The third kappa shape index (κ3) is 4.48. The molecule has 1 amide bonds. The van der Waals surface area contributed by atoms with Crippen LogP contribution in [0.1, 0.15) is 24.1 Å². The Morgan fingerprint density at radius 3 is 2.58 bits per heavy atom. The minimum atomic E-state index is -1.07. The molecule has 0 bridgehead atoms. The summed E-state index contributed by atoms with van der Waals surface area (Å²) in [4.78, 5) is 32.8. The molecule has 3 aromatic carbocycles. The molecule has 1 aliphatic rings. The first-order valence-corrected chi connectivity index (χ1v) is 13.4. The second-order valence-electron chi connectivity index (χ2n) is 8.29. The number of carbonyl (C=O) groups is 2. The van der Waals surface area contributed by atoms with E-state index in [1.807, 2.05) is 6.92 Å². The lowest BCUT2D eigenvalue weighted by Crippen LogP contribution is -2.29. The van der Waals surface area contributed by atoms with Crippen LogP contribution in [-0.2, 0) is 9.59 Å². The second-order valence-corrected chi connectivity index (χ2v) is 10.6. The van der Waals surface area contributed by atoms with Gasteiger partial charge in [-0.2, -0.15) is 0 Å². The summed E-state index contributed by atoms with van der Waals surface area (Å²) in [6, 6.07) is 13.7. The van der Waals surface area contributed by atoms with Gasteiger partial charge in [-0.15, -0.1) is 0 Å². The first-order valence-electron chi connectivity index (χ1n) is 11.4. The van der Waals surface area contributed by atoms with Crippen LogP contribution in [0.25, 0.3) is 16.0 Å². The van der Waals surface area contributed by atoms with Crippen LogP contribution < -0.4 is 14.4 Å². The molecule has 0 aliphatic carbocycles. The number of hydrogen-bond acceptors (Lipinski definition) is 8. The van der Waals surface area contributed by atoms with E-state index in [2.05, 4.69) is 20.9 Å². The molecule has 4 aromatic rings. The molecule has 1 aromatic heterocycles. The zero-order chi connectivity index (χ0) is 27.1. The van der Waals surface area contributed by atoms with E-state index in [0.717, 1.165) is 4.70 Å². The van der Waals surface area contributed by atoms with Crippen LogP contribution in [0.5, 0.6) is 17.2 Å². The van der Waals surface area contributed by atoms with E-state index in [1.54, 1.807) is 48.5 Å². The number of aliphatic hydroxyl groups excluding tert-OH is 1. The van der Waals surface area contributed by atoms with Gasteiger partial charge in [-0.05, 0) is 83.0 Å². The lowest BCUT2D eigenvalue weighted by atomic mass is 9.95. The normalized spacial score (nSPS) is 16.8. The predicted molar refractivity (Wildman–Crippen MR) is 149 cm³/mol. The van der Waals surface area contributed by atoms with Gasteiger partial charge in [0.05, 0.1) is 40.0 Å². The highest BCUT2D eigenvalue weighted by molar-refractivity contribution is 9.10. The number of phenols is 1. The van der Waals surface area contributed by atoms with Crippen LogP contribution in [0.15, 0.2) is 64.6 Å². The molecule has 194 valence electrons. The standard InChI is InChI=1S/C27H20BrClN2O6S/c1-3-37-16-7-4-13(5-8-16)23(32)21-22(14-10-17(28)24(33)19(11-14)36-2)31(26(35)25(21)34)27-30-18-9-6-15(29)12-20(18)38-27/h4-12,22,32-33H,3H2,1-2H3/b23-21+. The number of halogens is 2. The lowest BCUT2D eigenvalue weighted by molar-refractivity contribution is -0.132. The number of carbonyl (C=O) groups excluding carboxylic acids is 2. The zero-order valence-electron chi connectivity index (χ0n) is 20.1. The number of anilines is 1. The van der Waals surface area contributed by atoms with Crippen molar-refractivity contribution >= 4 is 71.7 Å². The van der Waals surface area contributed by atoms with Gasteiger partial charge in [0.1, 0.15) is 11.5 Å². The number of Topliss-reactive ketones (excluding diaryl/α,β-unsaturated/α-hetero) is 1. The summed E-state index contributed by atoms with van der Waals surface area (Å²) in [5.41, 5.74) is 1.22. The van der Waals surface area contributed by atoms with Crippen molar-refractivity contribution in [1.29, 1.82) is 0 Å². The van der Waals surface area contributed by atoms with Crippen molar-refractivity contribution in [3.05, 3.63) is 80.8 Å². The van der Waals surface area contributed by atoms with Crippen molar-refractivity contribution in [2.24, 2.45) is 0 Å². The Morgan fingerprint density at radius 1 is 1.16 bits per heavy atom. The average Bonchev–Trinajstić information content (AvgIpc) is 3.43. The van der Waals surface area contributed by atoms with Gasteiger partial charge in [0.15, 0.2) is 16.6 Å². The highest BCUT2D eigenvalue weighted by Crippen LogP contribution is 2.47. The van der Waals surface area contributed by atoms with Crippen LogP contribution >= 0.6 is 38.9 Å². The Labute approximate surface area is 234 Å². The van der Waals surface area contributed by atoms with Crippen molar-refractivity contribution in [2.75, 3.05) is 18.6 Å². The van der Waals surface area contributed by atoms with Gasteiger partial charge in [-0.25, -0.2) is 4.98 Å². The van der Waals surface area contributed by atoms with E-state index >= 15 is 0 Å². The molecule has 11 heteroatoms. The van der Waals surface area contributed by atoms with Gasteiger partial charge in [0.2, 0.25) is 0 Å². The number of nitrogens with zero attached hydrogens (tertiary/aromatic N) is 2. The minimum absolute atomic E-state index is 0.122. The highest BCUT2D eigenvalue weighted by Gasteiger charge is 2.48. The van der Waals surface area contributed by atoms with E-state index in [1.165, 1.54) is 29.4 Å². The average molecular weight is 616 g/mol. The van der Waals surface area contributed by atoms with Gasteiger partial charge < -0.3 is 19.7 Å². The molecule has 2 heterocycles. The molecule has 0 radical (unpaired) electrons. The van der Waals surface area contributed by atoms with E-state index < -0.39 is 17.7 Å². The van der Waals surface area contributed by atoms with Crippen molar-refractivity contribution < 1.29 is 29.3 Å². The van der Waals surface area contributed by atoms with E-state index in [0.29, 0.717) is 34.0 Å². The smallest absolute Gasteiger partial charge is 0.301 e. The summed E-state index contributed by atoms with van der Waals surface area (Å²) in [5.74, 6) is -1.50. The molecule has 5 rings (SSSR count). The van der Waals surface area contributed by atoms with Gasteiger partial charge in [0, 0.05) is 10.6 Å². The van der Waals surface area contributed by atoms with Crippen LogP contribution in [0.2, 0.25) is 5.02 Å². The number of thiazole rings is 1. The fraction of sp³-hybridized carbons (Fsp3) is 0.148. The van der Waals surface area contributed by atoms with E-state index in [-0.39, 0.29) is 32.4 Å². The topological polar surface area (TPSA) is 109 Å². The summed E-state index contributed by atoms with van der Waals surface area (Å²) in [5, 5.41) is 22.5. The first kappa shape index (κ1) is 26.0. The number of phenolic OH excluding ortho intramolecular Hbond substituents is 1. The summed E-state index contributed by atoms with van der Waals surface area (Å²) >= 11 is 10.6. The van der Waals surface area contributed by atoms with Crippen LogP contribution in [0.4, 0.5) is 5.13 Å². The van der Waals surface area contributed by atoms with Crippen molar-refractivity contribution in [3.63, 3.8) is 0 Å². The molecule has 1 aliphatic heterocycles. The molecule has 1 fully saturated rings. The molecule has 0 saturated carbocycles. The summed E-state index contributed by atoms with van der Waals surface area (Å²) in [6.07, 6.45) is 0. The quantitative estimate of drug-likeness (QED) is 0.146. The maximum atomic E-state index is 13.5. The number of aromatic nitrogens is 1. The maximum absolute atomic E-state index is 13.5. The SMILES string of the molecule is CCOc1ccc(/C(O)=C2\C(=O)C(=O)N(c3nc4ccc(Cl)cc4s3)C2c2cc(Br)c(O)c(OC)c2)cc1. The van der Waals surface area contributed by atoms with Crippen molar-refractivity contribution in [3.8, 4) is 17.2 Å². The fourth-order valence-corrected chi connectivity index (χ4v) is 6.00. The van der Waals surface area contributed by atoms with Crippen LogP contribution in [0.3, 0.4) is 0 Å². The van der Waals surface area contributed by atoms with Gasteiger partial charge in [-0.3, -0.25) is 14.5 Å². The number of fused-ring (bicyclic) bond motifs is 1. The molecular formula is C27H20BrClN2O6S. The number of rotatable bonds is 6. The number of methoxy groups -OCH3 is 1. The number of hydrogen-bond donors (Lipinski definition) is 2. The van der Waals surface area contributed by atoms with Crippen LogP contribution in [-0.4, -0.2) is 40.6 Å². The highest BCUT2D eigenvalue weighted by atomic mass is 79.9. The van der Waals surface area contributed by atoms with Gasteiger partial charge >= 0.3 is 5.91 Å². The van der Waals surface area contributed by atoms with Crippen molar-refractivity contribution in [1.82, 2.24) is 4.98 Å². The summed E-state index contributed by atoms with van der Waals surface area (Å²) < 4.78 is 11.8. The molecule has 1 atom stereocenters. The Hall–Kier alpha value is -3.60. The third-order valence-corrected chi connectivity index (χ3v) is 7.87. The van der Waals surface area contributed by atoms with Gasteiger partial charge in [0.25, 0.3) is 5.78 Å². The summed E-state index contributed by atoms with van der Waals surface area (Å²) in [7, 11) is 1.39. The Bertz CT molecular complexity index is 1620. The Balaban J connectivity index is 1.73. The molecule has 2 N–H and O–H groups in total. The molecule has 0 spiro atoms. The molecular weight excluding hydrogens is 596 g/mol. The maximum Gasteiger partial charge on any atom is 0.301 e. The largest absolute Gasteiger partial charge is 0.507 e. The summed E-state index contributed by atoms with van der Waals surface area (Å²) in [6.45, 7) is 2.33. The number of ether oxygens (including phenoxy) is 2. The second kappa shape index (κ2) is 10.3. The van der Waals surface area contributed by atoms with E-state index in [4.69, 9.17) is 21.1 Å². The predicted octanol–water partition coefficient (Wildman–Crippen LogP) is 6.45. The fourth-order valence-electron chi connectivity index (χ4n) is 4.27. The molecule has 8 nitrogen and oxygen atoms in total. The minimum Gasteiger partial charge on any atom is -0.507 e. The van der Waals surface area contributed by atoms with Crippen LogP contribution in [0, 0.1) is 0 Å². The zero-order valence-corrected chi connectivity index (χ0v) is 23.2. The Kier molecular flexibility index (Phi) is 7.04. The lowest BCUT2D eigenvalue weighted by Gasteiger charge is -2.24. The number of benzene rings is 3. The number of aromatic hydroxyl groups is 1. The molecule has 38 heavy (non-hydrogen) atoms. The van der Waals surface area contributed by atoms with Gasteiger partial charge in [-0.1, -0.05) is 22.9 Å². The third-order valence-electron chi connectivity index (χ3n) is 6.01. The number of amides is 1. The molecule has 1 saturated heterocycles.